The molecule has 7 rings (SSSR count). The van der Waals surface area contributed by atoms with Gasteiger partial charge in [0.05, 0.1) is 30.8 Å². The van der Waals surface area contributed by atoms with Crippen LogP contribution >= 0.6 is 11.6 Å². The van der Waals surface area contributed by atoms with Crippen LogP contribution in [0.15, 0.2) is 42.6 Å². The van der Waals surface area contributed by atoms with Gasteiger partial charge in [-0.3, -0.25) is 19.6 Å². The lowest BCUT2D eigenvalue weighted by Gasteiger charge is -2.31. The molecule has 0 bridgehead atoms. The second kappa shape index (κ2) is 10.1. The predicted octanol–water partition coefficient (Wildman–Crippen LogP) is 4.40. The summed E-state index contributed by atoms with van der Waals surface area (Å²) in [6.07, 6.45) is 6.03. The number of nitrogens with one attached hydrogen (secondary N) is 2. The van der Waals surface area contributed by atoms with E-state index in [0.717, 1.165) is 49.5 Å². The number of nitrogens with zero attached hydrogens (tertiary/aromatic N) is 5. The molecule has 0 unspecified atom stereocenters. The molecule has 3 aliphatic rings. The minimum Gasteiger partial charge on any atom is -0.461 e. The first-order valence-electron chi connectivity index (χ1n) is 13.7. The van der Waals surface area contributed by atoms with E-state index in [1.807, 2.05) is 35.2 Å². The van der Waals surface area contributed by atoms with Crippen LogP contribution in [0.5, 0.6) is 6.01 Å². The highest BCUT2D eigenvalue weighted by molar-refractivity contribution is 6.36. The van der Waals surface area contributed by atoms with Crippen LogP contribution in [0.2, 0.25) is 5.02 Å². The number of amides is 1. The Morgan fingerprint density at radius 2 is 1.93 bits per heavy atom. The molecule has 0 spiro atoms. The summed E-state index contributed by atoms with van der Waals surface area (Å²) in [4.78, 5) is 29.8. The summed E-state index contributed by atoms with van der Waals surface area (Å²) >= 11 is 6.55. The van der Waals surface area contributed by atoms with E-state index in [0.29, 0.717) is 41.7 Å². The zero-order valence-electron chi connectivity index (χ0n) is 21.9. The Bertz CT molecular complexity index is 1620. The maximum Gasteiger partial charge on any atom is 0.319 e. The number of fused-ring (bicyclic) bond motifs is 3. The molecule has 0 radical (unpaired) electrons. The van der Waals surface area contributed by atoms with Crippen molar-refractivity contribution in [2.75, 3.05) is 44.9 Å². The molecule has 3 saturated heterocycles. The fourth-order valence-electron chi connectivity index (χ4n) is 6.39. The number of carbonyl (C=O) groups is 1. The molecule has 9 nitrogen and oxygen atoms in total. The third kappa shape index (κ3) is 4.40. The molecule has 0 saturated carbocycles. The molecule has 2 N–H and O–H groups in total. The molecule has 2 aromatic carbocycles. The zero-order valence-corrected chi connectivity index (χ0v) is 22.7. The van der Waals surface area contributed by atoms with Crippen LogP contribution in [-0.2, 0) is 4.79 Å². The van der Waals surface area contributed by atoms with Gasteiger partial charge in [0.15, 0.2) is 5.82 Å². The molecule has 5 heterocycles. The normalized spacial score (nSPS) is 18.9. The third-order valence-corrected chi connectivity index (χ3v) is 8.71. The van der Waals surface area contributed by atoms with Crippen LogP contribution in [-0.4, -0.2) is 75.8 Å². The van der Waals surface area contributed by atoms with Crippen LogP contribution in [0, 0.1) is 5.82 Å². The van der Waals surface area contributed by atoms with Gasteiger partial charge < -0.3 is 15.4 Å². The van der Waals surface area contributed by atoms with Crippen LogP contribution < -0.4 is 15.4 Å². The average molecular weight is 562 g/mol. The summed E-state index contributed by atoms with van der Waals surface area (Å²) < 4.78 is 22.6. The molecule has 3 fully saturated rings. The van der Waals surface area contributed by atoms with Crippen LogP contribution in [0.25, 0.3) is 32.9 Å². The molecule has 1 amide bonds. The van der Waals surface area contributed by atoms with Crippen molar-refractivity contribution >= 4 is 45.0 Å². The summed E-state index contributed by atoms with van der Waals surface area (Å²) in [6.45, 7) is 3.65. The molecule has 11 heteroatoms. The Morgan fingerprint density at radius 3 is 2.70 bits per heavy atom. The number of carbonyl (C=O) groups excluding carboxylic acids is 1. The van der Waals surface area contributed by atoms with Gasteiger partial charge in [0.2, 0.25) is 5.91 Å². The van der Waals surface area contributed by atoms with Gasteiger partial charge in [0, 0.05) is 22.2 Å². The Kier molecular flexibility index (Phi) is 6.41. The summed E-state index contributed by atoms with van der Waals surface area (Å²) in [7, 11) is 0. The Balaban J connectivity index is 1.29. The van der Waals surface area contributed by atoms with Gasteiger partial charge in [-0.2, -0.15) is 9.97 Å². The Hall–Kier alpha value is -3.60. The number of hydrogen-bond donors (Lipinski definition) is 2. The lowest BCUT2D eigenvalue weighted by molar-refractivity contribution is -0.118. The van der Waals surface area contributed by atoms with Crippen molar-refractivity contribution in [2.45, 2.75) is 31.2 Å². The van der Waals surface area contributed by atoms with Crippen LogP contribution in [0.4, 0.5) is 10.2 Å². The largest absolute Gasteiger partial charge is 0.461 e. The number of anilines is 1. The van der Waals surface area contributed by atoms with E-state index in [9.17, 15) is 4.79 Å². The van der Waals surface area contributed by atoms with Crippen molar-refractivity contribution in [1.29, 1.82) is 0 Å². The van der Waals surface area contributed by atoms with E-state index in [4.69, 9.17) is 16.3 Å². The first kappa shape index (κ1) is 25.4. The summed E-state index contributed by atoms with van der Waals surface area (Å²) in [5, 5.41) is 8.61. The maximum absolute atomic E-state index is 16.4. The fourth-order valence-corrected chi connectivity index (χ4v) is 6.67. The number of benzene rings is 2. The number of hydrogen-bond acceptors (Lipinski definition) is 8. The topological polar surface area (TPSA) is 95.5 Å². The minimum atomic E-state index is -0.570. The predicted molar refractivity (Wildman–Crippen MR) is 152 cm³/mol. The SMILES string of the molecule is O=C1CN(CNc2nc(OCC34CCCN3CCC4)nc3c(F)c(-c4cccc5cccc(Cl)c45)ncc23)CN1. The van der Waals surface area contributed by atoms with Gasteiger partial charge in [0.1, 0.15) is 23.6 Å². The molecule has 3 aliphatic heterocycles. The number of ether oxygens (including phenoxy) is 1. The van der Waals surface area contributed by atoms with Gasteiger partial charge in [-0.05, 0) is 50.2 Å². The highest BCUT2D eigenvalue weighted by Gasteiger charge is 2.45. The first-order chi connectivity index (χ1) is 19.5. The van der Waals surface area contributed by atoms with E-state index >= 15 is 4.39 Å². The van der Waals surface area contributed by atoms with Crippen molar-refractivity contribution in [3.05, 3.63) is 53.4 Å². The molecule has 206 valence electrons. The first-order valence-corrected chi connectivity index (χ1v) is 14.0. The lowest BCUT2D eigenvalue weighted by Crippen LogP contribution is -2.43. The monoisotopic (exact) mass is 561 g/mol. The molecule has 4 aromatic rings. The van der Waals surface area contributed by atoms with Crippen molar-refractivity contribution < 1.29 is 13.9 Å². The lowest BCUT2D eigenvalue weighted by atomic mass is 9.95. The molecule has 0 atom stereocenters. The van der Waals surface area contributed by atoms with Crippen molar-refractivity contribution in [3.63, 3.8) is 0 Å². The number of aromatic nitrogens is 3. The van der Waals surface area contributed by atoms with Gasteiger partial charge in [-0.15, -0.1) is 0 Å². The van der Waals surface area contributed by atoms with Crippen LogP contribution in [0.1, 0.15) is 25.7 Å². The van der Waals surface area contributed by atoms with E-state index in [2.05, 4.69) is 30.5 Å². The molecule has 2 aromatic heterocycles. The smallest absolute Gasteiger partial charge is 0.319 e. The summed E-state index contributed by atoms with van der Waals surface area (Å²) in [6, 6.07) is 11.3. The molecule has 40 heavy (non-hydrogen) atoms. The minimum absolute atomic E-state index is 0.00482. The van der Waals surface area contributed by atoms with Crippen molar-refractivity contribution in [2.24, 2.45) is 0 Å². The zero-order chi connectivity index (χ0) is 27.3. The second-order valence-corrected chi connectivity index (χ2v) is 11.2. The van der Waals surface area contributed by atoms with E-state index < -0.39 is 5.82 Å². The molecular formula is C29H29ClFN7O2. The fraction of sp³-hybridized carbons (Fsp3) is 0.379. The summed E-state index contributed by atoms with van der Waals surface area (Å²) in [5.41, 5.74) is 0.859. The second-order valence-electron chi connectivity index (χ2n) is 10.8. The number of halogens is 2. The average Bonchev–Trinajstić information content (AvgIpc) is 3.67. The molecular weight excluding hydrogens is 533 g/mol. The standard InChI is InChI=1S/C29H29ClFN7O2/c30-21-8-2-6-18-5-1-7-19(23(18)21)25-24(31)26-20(13-32-25)27(34-17-37-14-22(39)33-16-37)36-28(35-26)40-15-29-9-3-11-38(29)12-4-10-29/h1-2,5-8,13H,3-4,9-12,14-17H2,(H,33,39)(H,34,35,36). The van der Waals surface area contributed by atoms with Gasteiger partial charge >= 0.3 is 6.01 Å². The molecule has 0 aliphatic carbocycles. The highest BCUT2D eigenvalue weighted by atomic mass is 35.5. The number of rotatable bonds is 7. The van der Waals surface area contributed by atoms with Gasteiger partial charge in [-0.1, -0.05) is 41.9 Å². The van der Waals surface area contributed by atoms with E-state index in [-0.39, 0.29) is 35.2 Å². The Labute approximate surface area is 235 Å². The van der Waals surface area contributed by atoms with E-state index in [1.165, 1.54) is 0 Å². The third-order valence-electron chi connectivity index (χ3n) is 8.39. The maximum atomic E-state index is 16.4. The van der Waals surface area contributed by atoms with Crippen molar-refractivity contribution in [1.82, 2.24) is 30.1 Å². The highest BCUT2D eigenvalue weighted by Crippen LogP contribution is 2.40. The Morgan fingerprint density at radius 1 is 1.12 bits per heavy atom. The van der Waals surface area contributed by atoms with Gasteiger partial charge in [0.25, 0.3) is 0 Å². The van der Waals surface area contributed by atoms with Gasteiger partial charge in [-0.25, -0.2) is 4.39 Å². The quantitative estimate of drug-likeness (QED) is 0.343. The summed E-state index contributed by atoms with van der Waals surface area (Å²) in [5.74, 6) is -0.207. The van der Waals surface area contributed by atoms with E-state index in [1.54, 1.807) is 12.3 Å². The van der Waals surface area contributed by atoms with Crippen LogP contribution in [0.3, 0.4) is 0 Å². The van der Waals surface area contributed by atoms with Crippen molar-refractivity contribution in [3.8, 4) is 17.3 Å². The number of pyridine rings is 1.